The monoisotopic (exact) mass is 219 g/mol. The number of hydrogen-bond donors (Lipinski definition) is 1. The predicted octanol–water partition coefficient (Wildman–Crippen LogP) is 2.04. The van der Waals surface area contributed by atoms with Crippen LogP contribution in [0.2, 0.25) is 0 Å². The Labute approximate surface area is 95.8 Å². The maximum absolute atomic E-state index is 10.8. The zero-order valence-electron chi connectivity index (χ0n) is 9.48. The highest BCUT2D eigenvalue weighted by Gasteiger charge is 2.22. The minimum absolute atomic E-state index is 0.0393. The third-order valence-corrected chi connectivity index (χ3v) is 2.90. The van der Waals surface area contributed by atoms with Gasteiger partial charge in [-0.25, -0.2) is 0 Å². The molecular weight excluding hydrogens is 202 g/mol. The molecule has 0 radical (unpaired) electrons. The van der Waals surface area contributed by atoms with Crippen molar-refractivity contribution in [2.45, 2.75) is 31.9 Å². The van der Waals surface area contributed by atoms with Crippen LogP contribution in [0.25, 0.3) is 0 Å². The first kappa shape index (κ1) is 11.1. The molecule has 2 atom stereocenters. The van der Waals surface area contributed by atoms with Crippen molar-refractivity contribution in [1.29, 1.82) is 0 Å². The summed E-state index contributed by atoms with van der Waals surface area (Å²) in [5.74, 6) is -0.190. The van der Waals surface area contributed by atoms with Crippen LogP contribution in [0, 0.1) is 0 Å². The standard InChI is InChI=1S/C13H17NO2/c1-10(15)16-12-7-8-13(14-9-12)11-5-3-2-4-6-11/h2-6,12-14H,7-9H2,1H3. The van der Waals surface area contributed by atoms with Gasteiger partial charge in [0.1, 0.15) is 6.10 Å². The molecule has 86 valence electrons. The maximum atomic E-state index is 10.8. The van der Waals surface area contributed by atoms with E-state index in [2.05, 4.69) is 29.6 Å². The second kappa shape index (κ2) is 5.12. The molecule has 1 saturated heterocycles. The van der Waals surface area contributed by atoms with Crippen LogP contribution in [0.5, 0.6) is 0 Å². The number of carbonyl (C=O) groups is 1. The number of ether oxygens (including phenoxy) is 1. The Kier molecular flexibility index (Phi) is 3.57. The minimum Gasteiger partial charge on any atom is -0.461 e. The van der Waals surface area contributed by atoms with E-state index in [1.165, 1.54) is 12.5 Å². The number of rotatable bonds is 2. The molecule has 1 aromatic rings. The second-order valence-electron chi connectivity index (χ2n) is 4.18. The fraction of sp³-hybridized carbons (Fsp3) is 0.462. The SMILES string of the molecule is CC(=O)OC1CCC(c2ccccc2)NC1. The van der Waals surface area contributed by atoms with Gasteiger partial charge in [0.25, 0.3) is 0 Å². The summed E-state index contributed by atoms with van der Waals surface area (Å²) in [7, 11) is 0. The van der Waals surface area contributed by atoms with Crippen molar-refractivity contribution in [2.24, 2.45) is 0 Å². The summed E-state index contributed by atoms with van der Waals surface area (Å²) in [5, 5.41) is 3.41. The molecule has 2 unspecified atom stereocenters. The molecule has 16 heavy (non-hydrogen) atoms. The summed E-state index contributed by atoms with van der Waals surface area (Å²) in [6, 6.07) is 10.8. The van der Waals surface area contributed by atoms with Crippen molar-refractivity contribution in [3.05, 3.63) is 35.9 Å². The number of hydrogen-bond acceptors (Lipinski definition) is 3. The molecule has 0 amide bonds. The first-order valence-electron chi connectivity index (χ1n) is 5.71. The lowest BCUT2D eigenvalue weighted by Gasteiger charge is -2.29. The van der Waals surface area contributed by atoms with Crippen LogP contribution in [-0.2, 0) is 9.53 Å². The zero-order valence-corrected chi connectivity index (χ0v) is 9.48. The van der Waals surface area contributed by atoms with Gasteiger partial charge in [0.2, 0.25) is 0 Å². The molecule has 3 nitrogen and oxygen atoms in total. The van der Waals surface area contributed by atoms with Crippen molar-refractivity contribution in [3.8, 4) is 0 Å². The Morgan fingerprint density at radius 2 is 2.06 bits per heavy atom. The van der Waals surface area contributed by atoms with Crippen LogP contribution in [0.1, 0.15) is 31.4 Å². The van der Waals surface area contributed by atoms with Crippen LogP contribution in [0.3, 0.4) is 0 Å². The van der Waals surface area contributed by atoms with Crippen molar-refractivity contribution in [3.63, 3.8) is 0 Å². The second-order valence-corrected chi connectivity index (χ2v) is 4.18. The average Bonchev–Trinajstić information content (AvgIpc) is 2.30. The highest BCUT2D eigenvalue weighted by molar-refractivity contribution is 5.66. The largest absolute Gasteiger partial charge is 0.461 e. The van der Waals surface area contributed by atoms with E-state index in [4.69, 9.17) is 4.74 Å². The fourth-order valence-electron chi connectivity index (χ4n) is 2.14. The van der Waals surface area contributed by atoms with Crippen LogP contribution < -0.4 is 5.32 Å². The van der Waals surface area contributed by atoms with Crippen LogP contribution in [-0.4, -0.2) is 18.6 Å². The molecule has 0 spiro atoms. The molecule has 0 aromatic heterocycles. The molecule has 1 aromatic carbocycles. The molecule has 1 aliphatic heterocycles. The van der Waals surface area contributed by atoms with Gasteiger partial charge in [-0.3, -0.25) is 4.79 Å². The van der Waals surface area contributed by atoms with E-state index in [1.54, 1.807) is 0 Å². The quantitative estimate of drug-likeness (QED) is 0.774. The van der Waals surface area contributed by atoms with Crippen molar-refractivity contribution >= 4 is 5.97 Å². The van der Waals surface area contributed by atoms with E-state index in [-0.39, 0.29) is 12.1 Å². The first-order chi connectivity index (χ1) is 7.75. The van der Waals surface area contributed by atoms with Gasteiger partial charge in [0.15, 0.2) is 0 Å². The highest BCUT2D eigenvalue weighted by Crippen LogP contribution is 2.23. The van der Waals surface area contributed by atoms with Gasteiger partial charge < -0.3 is 10.1 Å². The molecule has 0 bridgehead atoms. The van der Waals surface area contributed by atoms with E-state index >= 15 is 0 Å². The Balaban J connectivity index is 1.88. The van der Waals surface area contributed by atoms with Gasteiger partial charge >= 0.3 is 5.97 Å². The van der Waals surface area contributed by atoms with Gasteiger partial charge in [-0.2, -0.15) is 0 Å². The summed E-state index contributed by atoms with van der Waals surface area (Å²) in [6.07, 6.45) is 1.99. The van der Waals surface area contributed by atoms with Gasteiger partial charge in [-0.15, -0.1) is 0 Å². The first-order valence-corrected chi connectivity index (χ1v) is 5.71. The Bertz CT molecular complexity index is 342. The van der Waals surface area contributed by atoms with Gasteiger partial charge in [0.05, 0.1) is 0 Å². The predicted molar refractivity (Wildman–Crippen MR) is 62.0 cm³/mol. The lowest BCUT2D eigenvalue weighted by molar-refractivity contribution is -0.147. The van der Waals surface area contributed by atoms with Crippen molar-refractivity contribution in [1.82, 2.24) is 5.32 Å². The lowest BCUT2D eigenvalue weighted by atomic mass is 9.96. The van der Waals surface area contributed by atoms with Crippen LogP contribution in [0.4, 0.5) is 0 Å². The maximum Gasteiger partial charge on any atom is 0.302 e. The summed E-state index contributed by atoms with van der Waals surface area (Å²) >= 11 is 0. The highest BCUT2D eigenvalue weighted by atomic mass is 16.5. The van der Waals surface area contributed by atoms with Crippen molar-refractivity contribution in [2.75, 3.05) is 6.54 Å². The van der Waals surface area contributed by atoms with E-state index < -0.39 is 0 Å². The zero-order chi connectivity index (χ0) is 11.4. The average molecular weight is 219 g/mol. The minimum atomic E-state index is -0.190. The number of benzene rings is 1. The molecule has 3 heteroatoms. The third kappa shape index (κ3) is 2.83. The van der Waals surface area contributed by atoms with E-state index in [0.717, 1.165) is 19.4 Å². The molecule has 1 fully saturated rings. The summed E-state index contributed by atoms with van der Waals surface area (Å²) in [5.41, 5.74) is 1.31. The smallest absolute Gasteiger partial charge is 0.302 e. The molecule has 1 N–H and O–H groups in total. The van der Waals surface area contributed by atoms with Crippen molar-refractivity contribution < 1.29 is 9.53 Å². The summed E-state index contributed by atoms with van der Waals surface area (Å²) < 4.78 is 5.17. The number of esters is 1. The van der Waals surface area contributed by atoms with E-state index in [0.29, 0.717) is 6.04 Å². The van der Waals surface area contributed by atoms with E-state index in [9.17, 15) is 4.79 Å². The molecular formula is C13H17NO2. The molecule has 1 heterocycles. The number of nitrogens with one attached hydrogen (secondary N) is 1. The van der Waals surface area contributed by atoms with Gasteiger partial charge in [-0.05, 0) is 18.4 Å². The lowest BCUT2D eigenvalue weighted by Crippen LogP contribution is -2.38. The molecule has 0 aliphatic carbocycles. The number of piperidine rings is 1. The van der Waals surface area contributed by atoms with Gasteiger partial charge in [-0.1, -0.05) is 30.3 Å². The van der Waals surface area contributed by atoms with Crippen LogP contribution in [0.15, 0.2) is 30.3 Å². The van der Waals surface area contributed by atoms with E-state index in [1.807, 2.05) is 6.07 Å². The van der Waals surface area contributed by atoms with Gasteiger partial charge in [0, 0.05) is 19.5 Å². The Morgan fingerprint density at radius 1 is 1.31 bits per heavy atom. The molecule has 1 aliphatic rings. The molecule has 0 saturated carbocycles. The third-order valence-electron chi connectivity index (χ3n) is 2.90. The molecule has 2 rings (SSSR count). The van der Waals surface area contributed by atoms with Crippen LogP contribution >= 0.6 is 0 Å². The summed E-state index contributed by atoms with van der Waals surface area (Å²) in [4.78, 5) is 10.8. The topological polar surface area (TPSA) is 38.3 Å². The summed E-state index contributed by atoms with van der Waals surface area (Å²) in [6.45, 7) is 2.21. The normalized spacial score (nSPS) is 25.1. The Hall–Kier alpha value is -1.35. The number of carbonyl (C=O) groups excluding carboxylic acids is 1. The Morgan fingerprint density at radius 3 is 2.62 bits per heavy atom. The fourth-order valence-corrected chi connectivity index (χ4v) is 2.14.